The normalized spacial score (nSPS) is 24.0. The zero-order valence-electron chi connectivity index (χ0n) is 13.5. The lowest BCUT2D eigenvalue weighted by molar-refractivity contribution is 0.426. The first kappa shape index (κ1) is 15.3. The van der Waals surface area contributed by atoms with Gasteiger partial charge in [-0.1, -0.05) is 71.8 Å². The fraction of sp³-hybridized carbons (Fsp3) is 0.182. The number of benzene rings is 3. The summed E-state index contributed by atoms with van der Waals surface area (Å²) in [6.45, 7) is 0. The maximum atomic E-state index is 6.52. The van der Waals surface area contributed by atoms with Crippen molar-refractivity contribution in [3.05, 3.63) is 87.9 Å². The van der Waals surface area contributed by atoms with Crippen molar-refractivity contribution in [1.82, 2.24) is 0 Å². The van der Waals surface area contributed by atoms with E-state index in [4.69, 9.17) is 23.2 Å². The molecular weight excluding hydrogens is 349 g/mol. The molecule has 3 aromatic rings. The summed E-state index contributed by atoms with van der Waals surface area (Å²) in [5, 5.41) is 7.78. The third kappa shape index (κ3) is 2.38. The second-order valence-electron chi connectivity index (χ2n) is 6.90. The minimum Gasteiger partial charge on any atom is -0.376 e. The van der Waals surface area contributed by atoms with Gasteiger partial charge in [-0.15, -0.1) is 0 Å². The number of nitrogens with one attached hydrogen (secondary N) is 1. The third-order valence-corrected chi connectivity index (χ3v) is 6.19. The number of anilines is 1. The minimum absolute atomic E-state index is 0.230. The highest BCUT2D eigenvalue weighted by atomic mass is 35.5. The van der Waals surface area contributed by atoms with Crippen LogP contribution in [0.3, 0.4) is 0 Å². The predicted octanol–water partition coefficient (Wildman–Crippen LogP) is 6.97. The summed E-state index contributed by atoms with van der Waals surface area (Å²) in [6, 6.07) is 19.2. The fourth-order valence-electron chi connectivity index (χ4n) is 4.36. The monoisotopic (exact) mass is 365 g/mol. The van der Waals surface area contributed by atoms with E-state index in [0.29, 0.717) is 11.8 Å². The van der Waals surface area contributed by atoms with E-state index in [1.807, 2.05) is 12.1 Å². The standard InChI is InChI=1S/C22H17Cl2N/c23-18-10-11-19(24)22-20(18)16-6-3-7-17(16)21(25-22)15-9-8-13-4-1-2-5-14(13)12-15/h1-6,8-12,16-17,21,25H,7H2. The molecule has 0 radical (unpaired) electrons. The number of halogens is 2. The van der Waals surface area contributed by atoms with E-state index in [1.165, 1.54) is 16.3 Å². The molecule has 3 aromatic carbocycles. The Morgan fingerprint density at radius 2 is 1.68 bits per heavy atom. The zero-order valence-corrected chi connectivity index (χ0v) is 15.1. The second kappa shape index (κ2) is 5.79. The van der Waals surface area contributed by atoms with Crippen LogP contribution in [0.15, 0.2) is 66.7 Å². The van der Waals surface area contributed by atoms with E-state index in [2.05, 4.69) is 59.9 Å². The molecule has 0 saturated carbocycles. The largest absolute Gasteiger partial charge is 0.376 e. The molecule has 0 aromatic heterocycles. The fourth-order valence-corrected chi connectivity index (χ4v) is 4.86. The lowest BCUT2D eigenvalue weighted by Crippen LogP contribution is -2.29. The van der Waals surface area contributed by atoms with Crippen molar-refractivity contribution in [2.24, 2.45) is 5.92 Å². The van der Waals surface area contributed by atoms with Crippen LogP contribution in [0.2, 0.25) is 10.0 Å². The van der Waals surface area contributed by atoms with Crippen molar-refractivity contribution in [3.8, 4) is 0 Å². The van der Waals surface area contributed by atoms with Gasteiger partial charge < -0.3 is 5.32 Å². The van der Waals surface area contributed by atoms with Crippen molar-refractivity contribution < 1.29 is 0 Å². The van der Waals surface area contributed by atoms with E-state index in [-0.39, 0.29) is 6.04 Å². The molecule has 0 spiro atoms. The molecule has 124 valence electrons. The summed E-state index contributed by atoms with van der Waals surface area (Å²) >= 11 is 13.0. The SMILES string of the molecule is Clc1ccc(Cl)c2c1NC(c1ccc3ccccc3c1)C1CC=CC21. The van der Waals surface area contributed by atoms with Crippen LogP contribution < -0.4 is 5.32 Å². The molecule has 3 heteroatoms. The zero-order chi connectivity index (χ0) is 17.0. The van der Waals surface area contributed by atoms with Crippen LogP contribution in [0, 0.1) is 5.92 Å². The molecule has 25 heavy (non-hydrogen) atoms. The smallest absolute Gasteiger partial charge is 0.0641 e. The lowest BCUT2D eigenvalue weighted by atomic mass is 9.76. The van der Waals surface area contributed by atoms with Crippen molar-refractivity contribution in [2.75, 3.05) is 5.32 Å². The van der Waals surface area contributed by atoms with Gasteiger partial charge in [0.05, 0.1) is 16.8 Å². The van der Waals surface area contributed by atoms with Gasteiger partial charge in [0.15, 0.2) is 0 Å². The Morgan fingerprint density at radius 3 is 2.56 bits per heavy atom. The first-order valence-electron chi connectivity index (χ1n) is 8.62. The van der Waals surface area contributed by atoms with Gasteiger partial charge in [0.1, 0.15) is 0 Å². The second-order valence-corrected chi connectivity index (χ2v) is 7.71. The van der Waals surface area contributed by atoms with Crippen molar-refractivity contribution in [2.45, 2.75) is 18.4 Å². The topological polar surface area (TPSA) is 12.0 Å². The molecular formula is C22H17Cl2N. The van der Waals surface area contributed by atoms with Crippen LogP contribution >= 0.6 is 23.2 Å². The molecule has 0 saturated heterocycles. The van der Waals surface area contributed by atoms with Gasteiger partial charge >= 0.3 is 0 Å². The van der Waals surface area contributed by atoms with Crippen molar-refractivity contribution in [1.29, 1.82) is 0 Å². The number of hydrogen-bond acceptors (Lipinski definition) is 1. The summed E-state index contributed by atoms with van der Waals surface area (Å²) in [5.74, 6) is 0.781. The number of rotatable bonds is 1. The van der Waals surface area contributed by atoms with Crippen LogP contribution in [0.25, 0.3) is 10.8 Å². The third-order valence-electron chi connectivity index (χ3n) is 5.55. The van der Waals surface area contributed by atoms with Gasteiger partial charge in [0, 0.05) is 16.5 Å². The van der Waals surface area contributed by atoms with Gasteiger partial charge in [-0.25, -0.2) is 0 Å². The van der Waals surface area contributed by atoms with Crippen LogP contribution in [0.1, 0.15) is 29.5 Å². The van der Waals surface area contributed by atoms with E-state index < -0.39 is 0 Å². The van der Waals surface area contributed by atoms with Crippen molar-refractivity contribution in [3.63, 3.8) is 0 Å². The molecule has 1 N–H and O–H groups in total. The summed E-state index contributed by atoms with van der Waals surface area (Å²) in [6.07, 6.45) is 5.62. The number of fused-ring (bicyclic) bond motifs is 4. The molecule has 2 aliphatic rings. The maximum absolute atomic E-state index is 6.52. The first-order chi connectivity index (χ1) is 12.2. The van der Waals surface area contributed by atoms with Gasteiger partial charge in [0.25, 0.3) is 0 Å². The summed E-state index contributed by atoms with van der Waals surface area (Å²) in [4.78, 5) is 0. The van der Waals surface area contributed by atoms with E-state index in [1.54, 1.807) is 0 Å². The highest BCUT2D eigenvalue weighted by Gasteiger charge is 2.39. The highest BCUT2D eigenvalue weighted by Crippen LogP contribution is 2.53. The van der Waals surface area contributed by atoms with Crippen LogP contribution in [-0.4, -0.2) is 0 Å². The Morgan fingerprint density at radius 1 is 0.880 bits per heavy atom. The minimum atomic E-state index is 0.230. The summed E-state index contributed by atoms with van der Waals surface area (Å²) in [7, 11) is 0. The Kier molecular flexibility index (Phi) is 3.55. The van der Waals surface area contributed by atoms with Crippen LogP contribution in [0.5, 0.6) is 0 Å². The molecule has 1 heterocycles. The molecule has 1 aliphatic carbocycles. The van der Waals surface area contributed by atoms with Gasteiger partial charge in [0.2, 0.25) is 0 Å². The van der Waals surface area contributed by atoms with Gasteiger partial charge in [-0.05, 0) is 46.9 Å². The van der Waals surface area contributed by atoms with Crippen molar-refractivity contribution >= 4 is 39.7 Å². The van der Waals surface area contributed by atoms with E-state index in [9.17, 15) is 0 Å². The molecule has 1 aliphatic heterocycles. The molecule has 0 fully saturated rings. The first-order valence-corrected chi connectivity index (χ1v) is 9.38. The Hall–Kier alpha value is -1.96. The van der Waals surface area contributed by atoms with Crippen LogP contribution in [-0.2, 0) is 0 Å². The van der Waals surface area contributed by atoms with Gasteiger partial charge in [-0.3, -0.25) is 0 Å². The maximum Gasteiger partial charge on any atom is 0.0641 e. The number of hydrogen-bond donors (Lipinski definition) is 1. The Balaban J connectivity index is 1.65. The molecule has 3 unspecified atom stereocenters. The average molecular weight is 366 g/mol. The molecule has 5 rings (SSSR count). The predicted molar refractivity (Wildman–Crippen MR) is 107 cm³/mol. The molecule has 0 bridgehead atoms. The Labute approximate surface area is 157 Å². The lowest BCUT2D eigenvalue weighted by Gasteiger charge is -2.38. The van der Waals surface area contributed by atoms with Gasteiger partial charge in [-0.2, -0.15) is 0 Å². The molecule has 3 atom stereocenters. The summed E-state index contributed by atoms with van der Waals surface area (Å²) in [5.41, 5.74) is 3.43. The number of allylic oxidation sites excluding steroid dienone is 2. The average Bonchev–Trinajstić information content (AvgIpc) is 3.13. The Bertz CT molecular complexity index is 1010. The summed E-state index contributed by atoms with van der Waals surface area (Å²) < 4.78 is 0. The quantitative estimate of drug-likeness (QED) is 0.459. The van der Waals surface area contributed by atoms with E-state index >= 15 is 0 Å². The molecule has 0 amide bonds. The molecule has 1 nitrogen and oxygen atoms in total. The highest BCUT2D eigenvalue weighted by molar-refractivity contribution is 6.36. The van der Waals surface area contributed by atoms with E-state index in [0.717, 1.165) is 27.7 Å². The van der Waals surface area contributed by atoms with Crippen LogP contribution in [0.4, 0.5) is 5.69 Å².